The maximum absolute atomic E-state index is 14.1. The van der Waals surface area contributed by atoms with Gasteiger partial charge in [0, 0.05) is 5.56 Å². The van der Waals surface area contributed by atoms with Crippen LogP contribution < -0.4 is 24.4 Å². The zero-order chi connectivity index (χ0) is 31.3. The van der Waals surface area contributed by atoms with E-state index in [4.69, 9.17) is 19.2 Å². The molecule has 0 aliphatic carbocycles. The number of thiazole rings is 1. The third-order valence-electron chi connectivity index (χ3n) is 7.28. The molecule has 5 aromatic rings. The SMILES string of the molecule is CCOC(=O)C1=C(c2ccccc2)N=c2s/c(=C\c3ccc(OCc4ccccc4)c(OC)c3)c(=O)n2C1c1ccc(F)cc1. The summed E-state index contributed by atoms with van der Waals surface area (Å²) in [6, 6.07) is 29.4. The molecule has 9 heteroatoms. The smallest absolute Gasteiger partial charge is 0.338 e. The van der Waals surface area contributed by atoms with Crippen molar-refractivity contribution in [1.29, 1.82) is 0 Å². The van der Waals surface area contributed by atoms with Gasteiger partial charge in [0.1, 0.15) is 12.4 Å². The molecular formula is C36H29FN2O5S. The second-order valence-corrected chi connectivity index (χ2v) is 11.2. The standard InChI is InChI=1S/C36H29FN2O5S/c1-3-43-35(41)31-32(25-12-8-5-9-13-25)38-36-39(33(31)26-15-17-27(37)18-16-26)34(40)30(45-36)21-24-14-19-28(29(20-24)42-2)44-22-23-10-6-4-7-11-23/h4-21,33H,3,22H2,1-2H3/b30-21-. The monoisotopic (exact) mass is 620 g/mol. The molecule has 6 rings (SSSR count). The van der Waals surface area contributed by atoms with Crippen LogP contribution in [0.1, 0.15) is 35.2 Å². The highest BCUT2D eigenvalue weighted by molar-refractivity contribution is 7.07. The van der Waals surface area contributed by atoms with Crippen LogP contribution in [0.2, 0.25) is 0 Å². The third kappa shape index (κ3) is 6.21. The van der Waals surface area contributed by atoms with E-state index in [1.165, 1.54) is 28.0 Å². The number of ether oxygens (including phenoxy) is 3. The van der Waals surface area contributed by atoms with E-state index < -0.39 is 17.8 Å². The molecule has 0 fully saturated rings. The Morgan fingerprint density at radius 1 is 0.956 bits per heavy atom. The fourth-order valence-electron chi connectivity index (χ4n) is 5.18. The Bertz CT molecular complexity index is 2050. The molecule has 2 heterocycles. The molecule has 1 aliphatic heterocycles. The van der Waals surface area contributed by atoms with Gasteiger partial charge in [0.05, 0.1) is 35.6 Å². The number of carbonyl (C=O) groups excluding carboxylic acids is 1. The molecule has 0 radical (unpaired) electrons. The van der Waals surface area contributed by atoms with Crippen molar-refractivity contribution in [3.63, 3.8) is 0 Å². The van der Waals surface area contributed by atoms with Crippen LogP contribution in [0.15, 0.2) is 118 Å². The van der Waals surface area contributed by atoms with E-state index in [0.717, 1.165) is 11.1 Å². The van der Waals surface area contributed by atoms with Crippen LogP contribution in [0.5, 0.6) is 11.5 Å². The number of aromatic nitrogens is 1. The molecule has 7 nitrogen and oxygen atoms in total. The lowest BCUT2D eigenvalue weighted by molar-refractivity contribution is -0.138. The minimum atomic E-state index is -0.887. The van der Waals surface area contributed by atoms with Gasteiger partial charge in [-0.2, -0.15) is 0 Å². The zero-order valence-electron chi connectivity index (χ0n) is 24.6. The summed E-state index contributed by atoms with van der Waals surface area (Å²) in [4.78, 5) is 32.9. The average molecular weight is 621 g/mol. The molecule has 0 N–H and O–H groups in total. The second-order valence-electron chi connectivity index (χ2n) is 10.2. The number of carbonyl (C=O) groups is 1. The van der Waals surface area contributed by atoms with E-state index >= 15 is 0 Å². The summed E-state index contributed by atoms with van der Waals surface area (Å²) in [7, 11) is 1.56. The van der Waals surface area contributed by atoms with Gasteiger partial charge >= 0.3 is 5.97 Å². The van der Waals surface area contributed by atoms with Crippen LogP contribution >= 0.6 is 11.3 Å². The van der Waals surface area contributed by atoms with Gasteiger partial charge in [0.2, 0.25) is 0 Å². The largest absolute Gasteiger partial charge is 0.493 e. The maximum Gasteiger partial charge on any atom is 0.338 e. The molecule has 0 saturated heterocycles. The number of hydrogen-bond acceptors (Lipinski definition) is 7. The molecule has 0 bridgehead atoms. The van der Waals surface area contributed by atoms with E-state index in [1.54, 1.807) is 44.4 Å². The average Bonchev–Trinajstić information content (AvgIpc) is 3.38. The van der Waals surface area contributed by atoms with Crippen LogP contribution in [-0.4, -0.2) is 24.3 Å². The second kappa shape index (κ2) is 13.2. The number of nitrogens with zero attached hydrogens (tertiary/aromatic N) is 2. The fourth-order valence-corrected chi connectivity index (χ4v) is 6.18. The topological polar surface area (TPSA) is 79.1 Å². The first-order chi connectivity index (χ1) is 22.0. The van der Waals surface area contributed by atoms with Crippen molar-refractivity contribution in [1.82, 2.24) is 4.57 Å². The van der Waals surface area contributed by atoms with Gasteiger partial charge in [-0.3, -0.25) is 9.36 Å². The Balaban J connectivity index is 1.48. The highest BCUT2D eigenvalue weighted by atomic mass is 32.1. The Hall–Kier alpha value is -5.28. The van der Waals surface area contributed by atoms with Crippen molar-refractivity contribution in [2.75, 3.05) is 13.7 Å². The summed E-state index contributed by atoms with van der Waals surface area (Å²) in [5.74, 6) is 0.0660. The van der Waals surface area contributed by atoms with Gasteiger partial charge in [-0.25, -0.2) is 14.2 Å². The minimum Gasteiger partial charge on any atom is -0.493 e. The van der Waals surface area contributed by atoms with Crippen LogP contribution in [-0.2, 0) is 16.1 Å². The molecule has 0 saturated carbocycles. The Morgan fingerprint density at radius 3 is 2.36 bits per heavy atom. The van der Waals surface area contributed by atoms with Crippen molar-refractivity contribution < 1.29 is 23.4 Å². The summed E-state index contributed by atoms with van der Waals surface area (Å²) < 4.78 is 33.0. The number of halogens is 1. The van der Waals surface area contributed by atoms with Crippen molar-refractivity contribution in [3.8, 4) is 11.5 Å². The molecule has 0 spiro atoms. The molecule has 45 heavy (non-hydrogen) atoms. The van der Waals surface area contributed by atoms with Crippen LogP contribution in [0.4, 0.5) is 4.39 Å². The summed E-state index contributed by atoms with van der Waals surface area (Å²) in [5, 5.41) is 0. The lowest BCUT2D eigenvalue weighted by Gasteiger charge is -2.25. The Kier molecular flexibility index (Phi) is 8.70. The van der Waals surface area contributed by atoms with Crippen molar-refractivity contribution in [3.05, 3.63) is 156 Å². The molecule has 1 aliphatic rings. The molecule has 1 atom stereocenters. The Morgan fingerprint density at radius 2 is 1.67 bits per heavy atom. The van der Waals surface area contributed by atoms with E-state index in [-0.39, 0.29) is 17.7 Å². The highest BCUT2D eigenvalue weighted by Crippen LogP contribution is 2.35. The number of esters is 1. The van der Waals surface area contributed by atoms with Gasteiger partial charge < -0.3 is 14.2 Å². The van der Waals surface area contributed by atoms with Gasteiger partial charge in [0.25, 0.3) is 5.56 Å². The lowest BCUT2D eigenvalue weighted by atomic mass is 9.93. The third-order valence-corrected chi connectivity index (χ3v) is 8.26. The van der Waals surface area contributed by atoms with Gasteiger partial charge in [-0.15, -0.1) is 0 Å². The van der Waals surface area contributed by atoms with Gasteiger partial charge in [-0.1, -0.05) is 90.2 Å². The quantitative estimate of drug-likeness (QED) is 0.199. The van der Waals surface area contributed by atoms with Crippen LogP contribution in [0.25, 0.3) is 11.8 Å². The van der Waals surface area contributed by atoms with E-state index in [9.17, 15) is 14.0 Å². The molecule has 4 aromatic carbocycles. The van der Waals surface area contributed by atoms with Gasteiger partial charge in [-0.05, 0) is 54.0 Å². The molecule has 226 valence electrons. The van der Waals surface area contributed by atoms with Crippen LogP contribution in [0, 0.1) is 5.82 Å². The lowest BCUT2D eigenvalue weighted by Crippen LogP contribution is -2.40. The number of benzene rings is 4. The van der Waals surface area contributed by atoms with E-state index in [0.29, 0.717) is 44.3 Å². The number of hydrogen-bond donors (Lipinski definition) is 0. The van der Waals surface area contributed by atoms with E-state index in [2.05, 4.69) is 0 Å². The first kappa shape index (κ1) is 29.8. The van der Waals surface area contributed by atoms with Crippen molar-refractivity contribution >= 4 is 29.1 Å². The number of methoxy groups -OCH3 is 1. The van der Waals surface area contributed by atoms with Gasteiger partial charge in [0.15, 0.2) is 16.3 Å². The molecular weight excluding hydrogens is 591 g/mol. The first-order valence-corrected chi connectivity index (χ1v) is 15.2. The van der Waals surface area contributed by atoms with E-state index in [1.807, 2.05) is 66.7 Å². The van der Waals surface area contributed by atoms with Crippen molar-refractivity contribution in [2.45, 2.75) is 19.6 Å². The number of fused-ring (bicyclic) bond motifs is 1. The number of rotatable bonds is 9. The Labute approximate surface area is 262 Å². The predicted octanol–water partition coefficient (Wildman–Crippen LogP) is 5.66. The van der Waals surface area contributed by atoms with Crippen molar-refractivity contribution in [2.24, 2.45) is 4.99 Å². The molecule has 1 unspecified atom stereocenters. The fraction of sp³-hybridized carbons (Fsp3) is 0.139. The molecule has 1 aromatic heterocycles. The first-order valence-electron chi connectivity index (χ1n) is 14.4. The van der Waals surface area contributed by atoms with Crippen LogP contribution in [0.3, 0.4) is 0 Å². The highest BCUT2D eigenvalue weighted by Gasteiger charge is 2.35. The summed E-state index contributed by atoms with van der Waals surface area (Å²) in [5.41, 5.74) is 3.25. The normalized spacial score (nSPS) is 14.5. The minimum absolute atomic E-state index is 0.137. The summed E-state index contributed by atoms with van der Waals surface area (Å²) in [6.45, 7) is 2.23. The molecule has 0 amide bonds. The predicted molar refractivity (Wildman–Crippen MR) is 171 cm³/mol. The summed E-state index contributed by atoms with van der Waals surface area (Å²) in [6.07, 6.45) is 1.76. The summed E-state index contributed by atoms with van der Waals surface area (Å²) >= 11 is 1.20. The maximum atomic E-state index is 14.1. The zero-order valence-corrected chi connectivity index (χ0v) is 25.4.